The van der Waals surface area contributed by atoms with Gasteiger partial charge < -0.3 is 10.1 Å². The van der Waals surface area contributed by atoms with Crippen LogP contribution >= 0.6 is 0 Å². The van der Waals surface area contributed by atoms with Crippen molar-refractivity contribution in [2.45, 2.75) is 65.3 Å². The minimum atomic E-state index is 0.736. The maximum atomic E-state index is 5.58. The van der Waals surface area contributed by atoms with Gasteiger partial charge in [-0.3, -0.25) is 0 Å². The van der Waals surface area contributed by atoms with Crippen LogP contribution in [-0.4, -0.2) is 25.8 Å². The van der Waals surface area contributed by atoms with Crippen molar-refractivity contribution in [2.75, 3.05) is 19.8 Å². The summed E-state index contributed by atoms with van der Waals surface area (Å²) in [5.74, 6) is 1.69. The first-order valence-electron chi connectivity index (χ1n) is 7.56. The van der Waals surface area contributed by atoms with E-state index in [1.165, 1.54) is 32.1 Å². The summed E-state index contributed by atoms with van der Waals surface area (Å²) in [6, 6.07) is 0.736. The predicted octanol–water partition coefficient (Wildman–Crippen LogP) is 3.61. The van der Waals surface area contributed by atoms with E-state index in [0.717, 1.165) is 44.1 Å². The third-order valence-electron chi connectivity index (χ3n) is 4.03. The van der Waals surface area contributed by atoms with Crippen LogP contribution in [0.5, 0.6) is 0 Å². The second kappa shape index (κ2) is 8.93. The van der Waals surface area contributed by atoms with Gasteiger partial charge in [-0.15, -0.1) is 0 Å². The predicted molar refractivity (Wildman–Crippen MR) is 74.3 cm³/mol. The number of hydrogen-bond donors (Lipinski definition) is 1. The first-order chi connectivity index (χ1) is 8.25. The Balaban J connectivity index is 2.01. The number of hydrogen-bond acceptors (Lipinski definition) is 2. The molecule has 0 heterocycles. The molecule has 0 saturated heterocycles. The summed E-state index contributed by atoms with van der Waals surface area (Å²) in [7, 11) is 0. The molecule has 102 valence electrons. The van der Waals surface area contributed by atoms with Crippen molar-refractivity contribution >= 4 is 0 Å². The molecule has 1 aliphatic rings. The molecule has 1 saturated carbocycles. The van der Waals surface area contributed by atoms with Gasteiger partial charge in [-0.05, 0) is 44.1 Å². The third kappa shape index (κ3) is 5.87. The average Bonchev–Trinajstić information content (AvgIpc) is 2.31. The Morgan fingerprint density at radius 3 is 2.35 bits per heavy atom. The Hall–Kier alpha value is -0.0800. The lowest BCUT2D eigenvalue weighted by atomic mass is 9.79. The summed E-state index contributed by atoms with van der Waals surface area (Å²) in [5.41, 5.74) is 0. The van der Waals surface area contributed by atoms with E-state index in [-0.39, 0.29) is 0 Å². The molecular formula is C15H31NO. The van der Waals surface area contributed by atoms with Crippen molar-refractivity contribution in [2.24, 2.45) is 11.8 Å². The van der Waals surface area contributed by atoms with E-state index >= 15 is 0 Å². The molecule has 0 aliphatic heterocycles. The van der Waals surface area contributed by atoms with Crippen LogP contribution < -0.4 is 5.32 Å². The zero-order chi connectivity index (χ0) is 12.5. The Bertz CT molecular complexity index is 174. The SMILES string of the molecule is CCCCOCCCNC1C(C)CCCC1C. The molecule has 0 bridgehead atoms. The van der Waals surface area contributed by atoms with Crippen molar-refractivity contribution in [3.05, 3.63) is 0 Å². The van der Waals surface area contributed by atoms with Crippen LogP contribution in [0.3, 0.4) is 0 Å². The lowest BCUT2D eigenvalue weighted by molar-refractivity contribution is 0.125. The quantitative estimate of drug-likeness (QED) is 0.656. The molecule has 2 unspecified atom stereocenters. The Kier molecular flexibility index (Phi) is 7.87. The van der Waals surface area contributed by atoms with E-state index in [0.29, 0.717) is 0 Å². The van der Waals surface area contributed by atoms with E-state index in [1.54, 1.807) is 0 Å². The van der Waals surface area contributed by atoms with Crippen molar-refractivity contribution < 1.29 is 4.74 Å². The van der Waals surface area contributed by atoms with Crippen LogP contribution in [0.4, 0.5) is 0 Å². The summed E-state index contributed by atoms with van der Waals surface area (Å²) in [6.45, 7) is 9.97. The molecule has 1 fully saturated rings. The van der Waals surface area contributed by atoms with Gasteiger partial charge in [-0.2, -0.15) is 0 Å². The highest BCUT2D eigenvalue weighted by Crippen LogP contribution is 2.28. The highest BCUT2D eigenvalue weighted by molar-refractivity contribution is 4.83. The molecule has 1 aliphatic carbocycles. The van der Waals surface area contributed by atoms with Crippen molar-refractivity contribution in [1.29, 1.82) is 0 Å². The first-order valence-corrected chi connectivity index (χ1v) is 7.56. The minimum Gasteiger partial charge on any atom is -0.381 e. The summed E-state index contributed by atoms with van der Waals surface area (Å²) >= 11 is 0. The number of rotatable bonds is 8. The van der Waals surface area contributed by atoms with Gasteiger partial charge in [0.25, 0.3) is 0 Å². The molecule has 1 N–H and O–H groups in total. The second-order valence-electron chi connectivity index (χ2n) is 5.68. The molecule has 0 radical (unpaired) electrons. The minimum absolute atomic E-state index is 0.736. The normalized spacial score (nSPS) is 29.5. The Morgan fingerprint density at radius 1 is 1.06 bits per heavy atom. The van der Waals surface area contributed by atoms with Crippen molar-refractivity contribution in [1.82, 2.24) is 5.32 Å². The topological polar surface area (TPSA) is 21.3 Å². The van der Waals surface area contributed by atoms with Crippen LogP contribution in [0.2, 0.25) is 0 Å². The summed E-state index contributed by atoms with van der Waals surface area (Å²) in [5, 5.41) is 3.73. The van der Waals surface area contributed by atoms with E-state index in [9.17, 15) is 0 Å². The molecule has 0 aromatic heterocycles. The van der Waals surface area contributed by atoms with Crippen LogP contribution in [0.25, 0.3) is 0 Å². The molecule has 0 aromatic rings. The molecule has 0 spiro atoms. The standard InChI is InChI=1S/C15H31NO/c1-4-5-11-17-12-7-10-16-15-13(2)8-6-9-14(15)3/h13-16H,4-12H2,1-3H3. The van der Waals surface area contributed by atoms with Crippen LogP contribution in [0.1, 0.15) is 59.3 Å². The van der Waals surface area contributed by atoms with Gasteiger partial charge in [0.15, 0.2) is 0 Å². The second-order valence-corrected chi connectivity index (χ2v) is 5.68. The van der Waals surface area contributed by atoms with Gasteiger partial charge in [0.1, 0.15) is 0 Å². The number of ether oxygens (including phenoxy) is 1. The molecule has 2 heteroatoms. The fourth-order valence-corrected chi connectivity index (χ4v) is 2.88. The maximum absolute atomic E-state index is 5.58. The molecular weight excluding hydrogens is 210 g/mol. The smallest absolute Gasteiger partial charge is 0.0478 e. The summed E-state index contributed by atoms with van der Waals surface area (Å²) < 4.78 is 5.58. The Labute approximate surface area is 108 Å². The first kappa shape index (κ1) is 15.0. The highest BCUT2D eigenvalue weighted by atomic mass is 16.5. The lowest BCUT2D eigenvalue weighted by Gasteiger charge is -2.35. The zero-order valence-electron chi connectivity index (χ0n) is 12.0. The lowest BCUT2D eigenvalue weighted by Crippen LogP contribution is -2.43. The fraction of sp³-hybridized carbons (Fsp3) is 1.00. The van der Waals surface area contributed by atoms with E-state index in [2.05, 4.69) is 26.1 Å². The van der Waals surface area contributed by atoms with Gasteiger partial charge in [0.05, 0.1) is 0 Å². The molecule has 1 rings (SSSR count). The molecule has 2 nitrogen and oxygen atoms in total. The Morgan fingerprint density at radius 2 is 1.71 bits per heavy atom. The van der Waals surface area contributed by atoms with E-state index in [4.69, 9.17) is 4.74 Å². The van der Waals surface area contributed by atoms with Crippen molar-refractivity contribution in [3.8, 4) is 0 Å². The van der Waals surface area contributed by atoms with Crippen LogP contribution in [0.15, 0.2) is 0 Å². The maximum Gasteiger partial charge on any atom is 0.0478 e. The van der Waals surface area contributed by atoms with Crippen LogP contribution in [0, 0.1) is 11.8 Å². The molecule has 0 aromatic carbocycles. The largest absolute Gasteiger partial charge is 0.381 e. The van der Waals surface area contributed by atoms with Gasteiger partial charge in [0.2, 0.25) is 0 Å². The van der Waals surface area contributed by atoms with Gasteiger partial charge >= 0.3 is 0 Å². The zero-order valence-corrected chi connectivity index (χ0v) is 12.0. The number of unbranched alkanes of at least 4 members (excludes halogenated alkanes) is 1. The summed E-state index contributed by atoms with van der Waals surface area (Å²) in [6.07, 6.45) is 7.80. The average molecular weight is 241 g/mol. The van der Waals surface area contributed by atoms with Gasteiger partial charge in [-0.1, -0.05) is 33.6 Å². The van der Waals surface area contributed by atoms with Crippen molar-refractivity contribution in [3.63, 3.8) is 0 Å². The van der Waals surface area contributed by atoms with E-state index < -0.39 is 0 Å². The molecule has 2 atom stereocenters. The third-order valence-corrected chi connectivity index (χ3v) is 4.03. The van der Waals surface area contributed by atoms with Gasteiger partial charge in [0, 0.05) is 19.3 Å². The van der Waals surface area contributed by atoms with E-state index in [1.807, 2.05) is 0 Å². The monoisotopic (exact) mass is 241 g/mol. The number of nitrogens with one attached hydrogen (secondary N) is 1. The summed E-state index contributed by atoms with van der Waals surface area (Å²) in [4.78, 5) is 0. The highest BCUT2D eigenvalue weighted by Gasteiger charge is 2.26. The molecule has 17 heavy (non-hydrogen) atoms. The molecule has 0 amide bonds. The fourth-order valence-electron chi connectivity index (χ4n) is 2.88. The van der Waals surface area contributed by atoms with Crippen LogP contribution in [-0.2, 0) is 4.74 Å². The van der Waals surface area contributed by atoms with Gasteiger partial charge in [-0.25, -0.2) is 0 Å².